The Labute approximate surface area is 102 Å². The molecule has 0 saturated heterocycles. The molecule has 1 aromatic carbocycles. The summed E-state index contributed by atoms with van der Waals surface area (Å²) in [4.78, 5) is 23.4. The van der Waals surface area contributed by atoms with Crippen LogP contribution < -0.4 is 0 Å². The first-order valence-electron chi connectivity index (χ1n) is 6.12. The highest BCUT2D eigenvalue weighted by Gasteiger charge is 2.46. The molecule has 2 heteroatoms. The SMILES string of the molecule is CC1(C)[C@@H](C=O)CC[C@H]1C(=O)c1ccccc1. The second-order valence-corrected chi connectivity index (χ2v) is 5.42. The van der Waals surface area contributed by atoms with E-state index in [1.54, 1.807) is 0 Å². The monoisotopic (exact) mass is 230 g/mol. The molecule has 1 aromatic rings. The van der Waals surface area contributed by atoms with E-state index in [9.17, 15) is 9.59 Å². The van der Waals surface area contributed by atoms with E-state index in [0.717, 1.165) is 24.7 Å². The van der Waals surface area contributed by atoms with Gasteiger partial charge in [-0.25, -0.2) is 0 Å². The Morgan fingerprint density at radius 3 is 2.41 bits per heavy atom. The number of rotatable bonds is 3. The molecule has 0 amide bonds. The highest BCUT2D eigenvalue weighted by molar-refractivity contribution is 5.98. The molecule has 0 spiro atoms. The molecule has 0 unspecified atom stereocenters. The van der Waals surface area contributed by atoms with E-state index in [0.29, 0.717) is 0 Å². The number of aldehydes is 1. The van der Waals surface area contributed by atoms with Gasteiger partial charge in [-0.15, -0.1) is 0 Å². The maximum atomic E-state index is 12.4. The van der Waals surface area contributed by atoms with Crippen molar-refractivity contribution in [1.82, 2.24) is 0 Å². The molecule has 2 rings (SSSR count). The molecule has 0 bridgehead atoms. The Hall–Kier alpha value is -1.44. The van der Waals surface area contributed by atoms with Crippen LogP contribution in [-0.4, -0.2) is 12.1 Å². The Morgan fingerprint density at radius 1 is 1.24 bits per heavy atom. The molecular formula is C15H18O2. The quantitative estimate of drug-likeness (QED) is 0.590. The van der Waals surface area contributed by atoms with Crippen molar-refractivity contribution < 1.29 is 9.59 Å². The van der Waals surface area contributed by atoms with Crippen LogP contribution in [0.15, 0.2) is 30.3 Å². The van der Waals surface area contributed by atoms with E-state index in [4.69, 9.17) is 0 Å². The molecule has 90 valence electrons. The summed E-state index contributed by atoms with van der Waals surface area (Å²) >= 11 is 0. The molecule has 0 aromatic heterocycles. The van der Waals surface area contributed by atoms with Crippen LogP contribution in [0.25, 0.3) is 0 Å². The molecule has 1 aliphatic carbocycles. The van der Waals surface area contributed by atoms with Gasteiger partial charge in [-0.3, -0.25) is 4.79 Å². The van der Waals surface area contributed by atoms with E-state index in [2.05, 4.69) is 0 Å². The molecule has 1 fully saturated rings. The van der Waals surface area contributed by atoms with Gasteiger partial charge in [0.05, 0.1) is 0 Å². The Kier molecular flexibility index (Phi) is 3.14. The predicted molar refractivity (Wildman–Crippen MR) is 66.8 cm³/mol. The summed E-state index contributed by atoms with van der Waals surface area (Å²) < 4.78 is 0. The van der Waals surface area contributed by atoms with Gasteiger partial charge in [0, 0.05) is 17.4 Å². The van der Waals surface area contributed by atoms with Crippen molar-refractivity contribution in [2.75, 3.05) is 0 Å². The molecule has 0 N–H and O–H groups in total. The first-order chi connectivity index (χ1) is 8.07. The van der Waals surface area contributed by atoms with Crippen molar-refractivity contribution in [3.05, 3.63) is 35.9 Å². The fourth-order valence-corrected chi connectivity index (χ4v) is 2.86. The lowest BCUT2D eigenvalue weighted by Gasteiger charge is -2.29. The number of benzene rings is 1. The van der Waals surface area contributed by atoms with Crippen LogP contribution in [0.2, 0.25) is 0 Å². The summed E-state index contributed by atoms with van der Waals surface area (Å²) in [5.41, 5.74) is 0.548. The second-order valence-electron chi connectivity index (χ2n) is 5.42. The molecule has 0 radical (unpaired) electrons. The van der Waals surface area contributed by atoms with E-state index in [-0.39, 0.29) is 23.0 Å². The van der Waals surface area contributed by atoms with Gasteiger partial charge in [0.1, 0.15) is 6.29 Å². The summed E-state index contributed by atoms with van der Waals surface area (Å²) in [6, 6.07) is 9.38. The van der Waals surface area contributed by atoms with Gasteiger partial charge in [-0.05, 0) is 18.3 Å². The van der Waals surface area contributed by atoms with E-state index < -0.39 is 0 Å². The molecule has 1 saturated carbocycles. The van der Waals surface area contributed by atoms with Crippen molar-refractivity contribution >= 4 is 12.1 Å². The van der Waals surface area contributed by atoms with Crippen molar-refractivity contribution in [2.45, 2.75) is 26.7 Å². The Balaban J connectivity index is 2.25. The average Bonchev–Trinajstić information content (AvgIpc) is 2.64. The van der Waals surface area contributed by atoms with Crippen LogP contribution in [0.3, 0.4) is 0 Å². The van der Waals surface area contributed by atoms with Gasteiger partial charge in [0.15, 0.2) is 5.78 Å². The van der Waals surface area contributed by atoms with E-state index >= 15 is 0 Å². The predicted octanol–water partition coefficient (Wildman–Crippen LogP) is 3.12. The van der Waals surface area contributed by atoms with E-state index in [1.807, 2.05) is 44.2 Å². The smallest absolute Gasteiger partial charge is 0.166 e. The lowest BCUT2D eigenvalue weighted by Crippen LogP contribution is -2.31. The van der Waals surface area contributed by atoms with Gasteiger partial charge < -0.3 is 4.79 Å². The molecule has 2 atom stereocenters. The van der Waals surface area contributed by atoms with E-state index in [1.165, 1.54) is 0 Å². The minimum absolute atomic E-state index is 0.0140. The summed E-state index contributed by atoms with van der Waals surface area (Å²) in [7, 11) is 0. The molecule has 1 aliphatic rings. The third-order valence-electron chi connectivity index (χ3n) is 4.16. The number of Topliss-reactive ketones (excluding diaryl/α,β-unsaturated/α-hetero) is 1. The third kappa shape index (κ3) is 2.04. The number of hydrogen-bond donors (Lipinski definition) is 0. The van der Waals surface area contributed by atoms with Crippen molar-refractivity contribution in [2.24, 2.45) is 17.3 Å². The number of ketones is 1. The fraction of sp³-hybridized carbons (Fsp3) is 0.467. The van der Waals surface area contributed by atoms with Crippen LogP contribution in [-0.2, 0) is 4.79 Å². The maximum absolute atomic E-state index is 12.4. The molecule has 0 heterocycles. The topological polar surface area (TPSA) is 34.1 Å². The first kappa shape index (κ1) is 12.0. The van der Waals surface area contributed by atoms with Crippen LogP contribution in [0.1, 0.15) is 37.0 Å². The van der Waals surface area contributed by atoms with Crippen molar-refractivity contribution in [3.8, 4) is 0 Å². The number of hydrogen-bond acceptors (Lipinski definition) is 2. The van der Waals surface area contributed by atoms with Crippen LogP contribution >= 0.6 is 0 Å². The van der Waals surface area contributed by atoms with Crippen molar-refractivity contribution in [1.29, 1.82) is 0 Å². The molecule has 2 nitrogen and oxygen atoms in total. The number of carbonyl (C=O) groups is 2. The number of carbonyl (C=O) groups excluding carboxylic acids is 2. The zero-order valence-electron chi connectivity index (χ0n) is 10.3. The third-order valence-corrected chi connectivity index (χ3v) is 4.16. The standard InChI is InChI=1S/C15H18O2/c1-15(2)12(10-16)8-9-13(15)14(17)11-6-4-3-5-7-11/h3-7,10,12-13H,8-9H2,1-2H3/t12-,13+/m1/s1. The fourth-order valence-electron chi connectivity index (χ4n) is 2.86. The zero-order chi connectivity index (χ0) is 12.5. The molecule has 17 heavy (non-hydrogen) atoms. The first-order valence-corrected chi connectivity index (χ1v) is 6.12. The minimum atomic E-state index is -0.214. The van der Waals surface area contributed by atoms with Gasteiger partial charge in [0.2, 0.25) is 0 Å². The van der Waals surface area contributed by atoms with Crippen LogP contribution in [0, 0.1) is 17.3 Å². The summed E-state index contributed by atoms with van der Waals surface area (Å²) in [6.07, 6.45) is 2.67. The minimum Gasteiger partial charge on any atom is -0.303 e. The summed E-state index contributed by atoms with van der Waals surface area (Å²) in [6.45, 7) is 4.06. The highest BCUT2D eigenvalue weighted by atomic mass is 16.1. The summed E-state index contributed by atoms with van der Waals surface area (Å²) in [5.74, 6) is 0.167. The molecule has 0 aliphatic heterocycles. The largest absolute Gasteiger partial charge is 0.303 e. The lowest BCUT2D eigenvalue weighted by atomic mass is 9.73. The maximum Gasteiger partial charge on any atom is 0.166 e. The summed E-state index contributed by atoms with van der Waals surface area (Å²) in [5, 5.41) is 0. The van der Waals surface area contributed by atoms with Crippen LogP contribution in [0.5, 0.6) is 0 Å². The average molecular weight is 230 g/mol. The highest BCUT2D eigenvalue weighted by Crippen LogP contribution is 2.47. The Bertz CT molecular complexity index is 420. The van der Waals surface area contributed by atoms with Gasteiger partial charge in [-0.1, -0.05) is 44.2 Å². The van der Waals surface area contributed by atoms with Crippen LogP contribution in [0.4, 0.5) is 0 Å². The Morgan fingerprint density at radius 2 is 1.88 bits per heavy atom. The second kappa shape index (κ2) is 4.44. The van der Waals surface area contributed by atoms with Crippen molar-refractivity contribution in [3.63, 3.8) is 0 Å². The van der Waals surface area contributed by atoms with Gasteiger partial charge >= 0.3 is 0 Å². The molecular weight excluding hydrogens is 212 g/mol. The van der Waals surface area contributed by atoms with Gasteiger partial charge in [0.25, 0.3) is 0 Å². The normalized spacial score (nSPS) is 26.7. The zero-order valence-corrected chi connectivity index (χ0v) is 10.3. The van der Waals surface area contributed by atoms with Gasteiger partial charge in [-0.2, -0.15) is 0 Å². The lowest BCUT2D eigenvalue weighted by molar-refractivity contribution is -0.113.